The normalized spacial score (nSPS) is 22.3. The van der Waals surface area contributed by atoms with Crippen molar-refractivity contribution in [1.29, 1.82) is 0 Å². The van der Waals surface area contributed by atoms with Crippen molar-refractivity contribution < 1.29 is 14.1 Å². The highest BCUT2D eigenvalue weighted by atomic mass is 16.5. The second-order valence-corrected chi connectivity index (χ2v) is 5.87. The SMILES string of the molecule is O=C(CN(Cc1ccno1)C[C@H]1CCCO1)N1CCCC1. The van der Waals surface area contributed by atoms with Gasteiger partial charge in [-0.2, -0.15) is 0 Å². The van der Waals surface area contributed by atoms with E-state index in [1.165, 1.54) is 0 Å². The molecule has 6 heteroatoms. The molecule has 0 spiro atoms. The van der Waals surface area contributed by atoms with E-state index in [4.69, 9.17) is 9.26 Å². The van der Waals surface area contributed by atoms with E-state index in [1.807, 2.05) is 11.0 Å². The topological polar surface area (TPSA) is 58.8 Å². The maximum atomic E-state index is 12.4. The third-order valence-electron chi connectivity index (χ3n) is 4.17. The molecule has 0 unspecified atom stereocenters. The van der Waals surface area contributed by atoms with Crippen LogP contribution in [0.2, 0.25) is 0 Å². The molecule has 2 fully saturated rings. The lowest BCUT2D eigenvalue weighted by molar-refractivity contribution is -0.131. The Morgan fingerprint density at radius 2 is 2.24 bits per heavy atom. The van der Waals surface area contributed by atoms with Gasteiger partial charge in [0.25, 0.3) is 0 Å². The van der Waals surface area contributed by atoms with Gasteiger partial charge >= 0.3 is 0 Å². The number of aromatic nitrogens is 1. The first kappa shape index (κ1) is 14.5. The number of rotatable bonds is 6. The molecule has 3 heterocycles. The lowest BCUT2D eigenvalue weighted by atomic mass is 10.2. The zero-order valence-corrected chi connectivity index (χ0v) is 12.4. The van der Waals surface area contributed by atoms with Crippen LogP contribution in [0.15, 0.2) is 16.8 Å². The maximum Gasteiger partial charge on any atom is 0.236 e. The van der Waals surface area contributed by atoms with Crippen molar-refractivity contribution in [3.8, 4) is 0 Å². The Balaban J connectivity index is 1.58. The molecule has 3 rings (SSSR count). The molecule has 1 aromatic rings. The predicted molar refractivity (Wildman–Crippen MR) is 76.6 cm³/mol. The van der Waals surface area contributed by atoms with Gasteiger partial charge in [0, 0.05) is 32.3 Å². The van der Waals surface area contributed by atoms with Gasteiger partial charge in [-0.1, -0.05) is 5.16 Å². The fourth-order valence-electron chi connectivity index (χ4n) is 3.06. The molecule has 1 aromatic heterocycles. The van der Waals surface area contributed by atoms with Crippen LogP contribution in [0.5, 0.6) is 0 Å². The molecule has 1 amide bonds. The minimum absolute atomic E-state index is 0.213. The Hall–Kier alpha value is -1.40. The van der Waals surface area contributed by atoms with Crippen LogP contribution in [0.1, 0.15) is 31.4 Å². The Morgan fingerprint density at radius 1 is 1.38 bits per heavy atom. The Labute approximate surface area is 125 Å². The summed E-state index contributed by atoms with van der Waals surface area (Å²) in [7, 11) is 0. The average Bonchev–Trinajstić information content (AvgIpc) is 3.22. The molecule has 6 nitrogen and oxygen atoms in total. The molecule has 116 valence electrons. The lowest BCUT2D eigenvalue weighted by Crippen LogP contribution is -2.41. The van der Waals surface area contributed by atoms with E-state index < -0.39 is 0 Å². The van der Waals surface area contributed by atoms with Crippen molar-refractivity contribution >= 4 is 5.91 Å². The van der Waals surface area contributed by atoms with Crippen molar-refractivity contribution in [1.82, 2.24) is 15.0 Å². The molecule has 0 aliphatic carbocycles. The van der Waals surface area contributed by atoms with E-state index in [9.17, 15) is 4.79 Å². The predicted octanol–water partition coefficient (Wildman–Crippen LogP) is 1.28. The monoisotopic (exact) mass is 293 g/mol. The number of ether oxygens (including phenoxy) is 1. The van der Waals surface area contributed by atoms with Gasteiger partial charge in [0.1, 0.15) is 0 Å². The van der Waals surface area contributed by atoms with Crippen LogP contribution in [-0.4, -0.2) is 59.8 Å². The molecule has 0 N–H and O–H groups in total. The van der Waals surface area contributed by atoms with Gasteiger partial charge in [0.2, 0.25) is 5.91 Å². The summed E-state index contributed by atoms with van der Waals surface area (Å²) in [5, 5.41) is 3.74. The highest BCUT2D eigenvalue weighted by molar-refractivity contribution is 5.78. The molecule has 2 aliphatic rings. The van der Waals surface area contributed by atoms with Crippen LogP contribution >= 0.6 is 0 Å². The fourth-order valence-corrected chi connectivity index (χ4v) is 3.06. The van der Waals surface area contributed by atoms with Crippen LogP contribution in [0.25, 0.3) is 0 Å². The van der Waals surface area contributed by atoms with E-state index in [0.29, 0.717) is 13.1 Å². The molecular formula is C15H23N3O3. The summed E-state index contributed by atoms with van der Waals surface area (Å²) in [5.74, 6) is 1.01. The van der Waals surface area contributed by atoms with Gasteiger partial charge in [-0.25, -0.2) is 0 Å². The van der Waals surface area contributed by atoms with Crippen LogP contribution in [0.4, 0.5) is 0 Å². The quantitative estimate of drug-likeness (QED) is 0.791. The second kappa shape index (κ2) is 7.04. The first-order valence-corrected chi connectivity index (χ1v) is 7.82. The van der Waals surface area contributed by atoms with Crippen molar-refractivity contribution in [2.75, 3.05) is 32.8 Å². The number of nitrogens with zero attached hydrogens (tertiary/aromatic N) is 3. The van der Waals surface area contributed by atoms with Crippen molar-refractivity contribution in [3.63, 3.8) is 0 Å². The Bertz CT molecular complexity index is 437. The summed E-state index contributed by atoms with van der Waals surface area (Å²) in [6.07, 6.45) is 6.31. The van der Waals surface area contributed by atoms with Gasteiger partial charge in [-0.05, 0) is 25.7 Å². The van der Waals surface area contributed by atoms with E-state index in [1.54, 1.807) is 6.20 Å². The molecule has 2 saturated heterocycles. The number of likely N-dealkylation sites (tertiary alicyclic amines) is 1. The van der Waals surface area contributed by atoms with E-state index in [-0.39, 0.29) is 12.0 Å². The molecule has 0 bridgehead atoms. The number of hydrogen-bond donors (Lipinski definition) is 0. The summed E-state index contributed by atoms with van der Waals surface area (Å²) in [6.45, 7) is 4.45. The molecule has 2 aliphatic heterocycles. The largest absolute Gasteiger partial charge is 0.377 e. The number of carbonyl (C=O) groups is 1. The van der Waals surface area contributed by atoms with Crippen LogP contribution in [0.3, 0.4) is 0 Å². The van der Waals surface area contributed by atoms with Gasteiger partial charge in [0.05, 0.1) is 25.4 Å². The summed E-state index contributed by atoms with van der Waals surface area (Å²) in [5.41, 5.74) is 0. The van der Waals surface area contributed by atoms with Gasteiger partial charge in [-0.3, -0.25) is 9.69 Å². The standard InChI is InChI=1S/C15H23N3O3/c19-15(18-7-1-2-8-18)12-17(10-13-4-3-9-20-13)11-14-5-6-16-21-14/h5-6,13H,1-4,7-12H2/t13-/m1/s1. The van der Waals surface area contributed by atoms with Crippen LogP contribution in [0, 0.1) is 0 Å². The first-order chi connectivity index (χ1) is 10.3. The van der Waals surface area contributed by atoms with Gasteiger partial charge < -0.3 is 14.2 Å². The van der Waals surface area contributed by atoms with Crippen LogP contribution < -0.4 is 0 Å². The minimum atomic E-state index is 0.213. The molecule has 0 saturated carbocycles. The highest BCUT2D eigenvalue weighted by Crippen LogP contribution is 2.16. The number of hydrogen-bond acceptors (Lipinski definition) is 5. The summed E-state index contributed by atoms with van der Waals surface area (Å²) in [4.78, 5) is 16.4. The third-order valence-corrected chi connectivity index (χ3v) is 4.17. The van der Waals surface area contributed by atoms with Gasteiger partial charge in [0.15, 0.2) is 5.76 Å². The first-order valence-electron chi connectivity index (χ1n) is 7.82. The third kappa shape index (κ3) is 4.04. The molecule has 0 aromatic carbocycles. The number of carbonyl (C=O) groups excluding carboxylic acids is 1. The molecular weight excluding hydrogens is 270 g/mol. The van der Waals surface area contributed by atoms with E-state index in [0.717, 1.165) is 57.7 Å². The van der Waals surface area contributed by atoms with Crippen LogP contribution in [-0.2, 0) is 16.1 Å². The summed E-state index contributed by atoms with van der Waals surface area (Å²) >= 11 is 0. The van der Waals surface area contributed by atoms with E-state index >= 15 is 0 Å². The Morgan fingerprint density at radius 3 is 2.90 bits per heavy atom. The number of amides is 1. The minimum Gasteiger partial charge on any atom is -0.377 e. The maximum absolute atomic E-state index is 12.4. The van der Waals surface area contributed by atoms with Crippen molar-refractivity contribution in [2.24, 2.45) is 0 Å². The molecule has 21 heavy (non-hydrogen) atoms. The smallest absolute Gasteiger partial charge is 0.236 e. The fraction of sp³-hybridized carbons (Fsp3) is 0.733. The van der Waals surface area contributed by atoms with E-state index in [2.05, 4.69) is 10.1 Å². The lowest BCUT2D eigenvalue weighted by Gasteiger charge is -2.26. The summed E-state index contributed by atoms with van der Waals surface area (Å²) in [6, 6.07) is 1.85. The molecule has 0 radical (unpaired) electrons. The molecule has 1 atom stereocenters. The van der Waals surface area contributed by atoms with Crippen molar-refractivity contribution in [2.45, 2.75) is 38.3 Å². The Kier molecular flexibility index (Phi) is 4.87. The zero-order valence-electron chi connectivity index (χ0n) is 12.4. The average molecular weight is 293 g/mol. The second-order valence-electron chi connectivity index (χ2n) is 5.87. The zero-order chi connectivity index (χ0) is 14.5. The van der Waals surface area contributed by atoms with Gasteiger partial charge in [-0.15, -0.1) is 0 Å². The summed E-state index contributed by atoms with van der Waals surface area (Å²) < 4.78 is 10.9. The highest BCUT2D eigenvalue weighted by Gasteiger charge is 2.24. The van der Waals surface area contributed by atoms with Crippen molar-refractivity contribution in [3.05, 3.63) is 18.0 Å².